The zero-order chi connectivity index (χ0) is 16.7. The van der Waals surface area contributed by atoms with Crippen LogP contribution < -0.4 is 10.1 Å². The second kappa shape index (κ2) is 7.32. The zero-order valence-corrected chi connectivity index (χ0v) is 15.5. The van der Waals surface area contributed by atoms with Gasteiger partial charge in [-0.1, -0.05) is 34.1 Å². The number of hydrogen-bond donors (Lipinski definition) is 2. The average Bonchev–Trinajstić information content (AvgIpc) is 2.92. The van der Waals surface area contributed by atoms with Crippen LogP contribution in [-0.2, 0) is 6.42 Å². The number of rotatable bonds is 3. The van der Waals surface area contributed by atoms with Crippen LogP contribution in [0, 0.1) is 0 Å². The number of hydrogen-bond acceptors (Lipinski definition) is 2. The van der Waals surface area contributed by atoms with Crippen molar-refractivity contribution in [2.75, 3.05) is 6.54 Å². The molecule has 0 saturated carbocycles. The van der Waals surface area contributed by atoms with Crippen molar-refractivity contribution < 1.29 is 13.5 Å². The highest BCUT2D eigenvalue weighted by atomic mass is 79.9. The summed E-state index contributed by atoms with van der Waals surface area (Å²) in [5.74, 6) is 0.172. The van der Waals surface area contributed by atoms with Gasteiger partial charge in [-0.25, -0.2) is 0 Å². The second-order valence-electron chi connectivity index (χ2n) is 5.79. The Kier molecular flexibility index (Phi) is 5.32. The number of alkyl halides is 2. The van der Waals surface area contributed by atoms with E-state index in [2.05, 4.69) is 43.1 Å². The SMILES string of the molecule is Cl.FC(F)Oc1ccc(C2NCCc3c2[nH]c2cc(Br)ccc32)cc1. The molecular weight excluding hydrogens is 414 g/mol. The van der Waals surface area contributed by atoms with Gasteiger partial charge >= 0.3 is 6.61 Å². The van der Waals surface area contributed by atoms with Crippen molar-refractivity contribution >= 4 is 39.2 Å². The smallest absolute Gasteiger partial charge is 0.387 e. The van der Waals surface area contributed by atoms with Crippen LogP contribution in [0.4, 0.5) is 8.78 Å². The molecule has 0 amide bonds. The van der Waals surface area contributed by atoms with Gasteiger partial charge in [0.15, 0.2) is 0 Å². The van der Waals surface area contributed by atoms with Crippen molar-refractivity contribution in [2.45, 2.75) is 19.1 Å². The third-order valence-corrected chi connectivity index (χ3v) is 4.85. The number of benzene rings is 2. The summed E-state index contributed by atoms with van der Waals surface area (Å²) in [6, 6.07) is 13.1. The van der Waals surface area contributed by atoms with Crippen LogP contribution in [0.1, 0.15) is 22.9 Å². The van der Waals surface area contributed by atoms with Crippen molar-refractivity contribution in [1.29, 1.82) is 0 Å². The van der Waals surface area contributed by atoms with Gasteiger partial charge in [-0.05, 0) is 41.8 Å². The molecular formula is C18H16BrClF2N2O. The minimum absolute atomic E-state index is 0. The summed E-state index contributed by atoms with van der Waals surface area (Å²) in [7, 11) is 0. The first-order valence-corrected chi connectivity index (χ1v) is 8.49. The Balaban J connectivity index is 0.00000182. The predicted octanol–water partition coefficient (Wildman–Crippen LogP) is 5.19. The maximum atomic E-state index is 12.3. The van der Waals surface area contributed by atoms with Gasteiger partial charge in [0.2, 0.25) is 0 Å². The summed E-state index contributed by atoms with van der Waals surface area (Å²) < 4.78 is 30.0. The lowest BCUT2D eigenvalue weighted by Gasteiger charge is -2.25. The molecule has 0 fully saturated rings. The van der Waals surface area contributed by atoms with Gasteiger partial charge in [0.1, 0.15) is 5.75 Å². The minimum atomic E-state index is -2.80. The van der Waals surface area contributed by atoms with Crippen molar-refractivity contribution in [2.24, 2.45) is 0 Å². The maximum Gasteiger partial charge on any atom is 0.387 e. The Bertz CT molecular complexity index is 883. The standard InChI is InChI=1S/C18H15BrF2N2O.ClH/c19-11-3-6-13-14-7-8-22-16(17(14)23-15(13)9-11)10-1-4-12(5-2-10)24-18(20)21;/h1-6,9,16,18,22-23H,7-8H2;1H. The molecule has 0 saturated heterocycles. The maximum absolute atomic E-state index is 12.3. The van der Waals surface area contributed by atoms with Crippen molar-refractivity contribution in [3.63, 3.8) is 0 Å². The zero-order valence-electron chi connectivity index (χ0n) is 13.1. The average molecular weight is 430 g/mol. The van der Waals surface area contributed by atoms with E-state index in [0.717, 1.165) is 34.2 Å². The fourth-order valence-electron chi connectivity index (χ4n) is 3.33. The van der Waals surface area contributed by atoms with Crippen LogP contribution in [-0.4, -0.2) is 18.1 Å². The van der Waals surface area contributed by atoms with Crippen LogP contribution in [0.5, 0.6) is 5.75 Å². The van der Waals surface area contributed by atoms with Crippen LogP contribution >= 0.6 is 28.3 Å². The molecule has 1 aliphatic rings. The summed E-state index contributed by atoms with van der Waals surface area (Å²) in [5.41, 5.74) is 4.56. The number of aromatic amines is 1. The molecule has 0 spiro atoms. The molecule has 2 aromatic carbocycles. The lowest BCUT2D eigenvalue weighted by Crippen LogP contribution is -2.30. The number of aromatic nitrogens is 1. The van der Waals surface area contributed by atoms with Gasteiger partial charge in [0, 0.05) is 27.6 Å². The Morgan fingerprint density at radius 3 is 2.60 bits per heavy atom. The van der Waals surface area contributed by atoms with E-state index < -0.39 is 6.61 Å². The largest absolute Gasteiger partial charge is 0.435 e. The molecule has 25 heavy (non-hydrogen) atoms. The highest BCUT2D eigenvalue weighted by molar-refractivity contribution is 9.10. The monoisotopic (exact) mass is 428 g/mol. The van der Waals surface area contributed by atoms with E-state index in [9.17, 15) is 8.78 Å². The number of nitrogens with one attached hydrogen (secondary N) is 2. The van der Waals surface area contributed by atoms with E-state index in [-0.39, 0.29) is 24.2 Å². The predicted molar refractivity (Wildman–Crippen MR) is 99.9 cm³/mol. The third kappa shape index (κ3) is 3.52. The molecule has 3 nitrogen and oxygen atoms in total. The van der Waals surface area contributed by atoms with Crippen LogP contribution in [0.3, 0.4) is 0 Å². The van der Waals surface area contributed by atoms with E-state index in [0.29, 0.717) is 0 Å². The number of halogens is 4. The molecule has 1 unspecified atom stereocenters. The minimum Gasteiger partial charge on any atom is -0.435 e. The molecule has 1 aromatic heterocycles. The van der Waals surface area contributed by atoms with Gasteiger partial charge in [-0.2, -0.15) is 8.78 Å². The number of fused-ring (bicyclic) bond motifs is 3. The first-order valence-electron chi connectivity index (χ1n) is 7.70. The Hall–Kier alpha value is -1.63. The summed E-state index contributed by atoms with van der Waals surface area (Å²) in [5, 5.41) is 4.73. The normalized spacial score (nSPS) is 16.6. The Morgan fingerprint density at radius 2 is 1.88 bits per heavy atom. The quantitative estimate of drug-likeness (QED) is 0.601. The molecule has 1 atom stereocenters. The first-order chi connectivity index (χ1) is 11.6. The van der Waals surface area contributed by atoms with Gasteiger partial charge in [0.25, 0.3) is 0 Å². The molecule has 0 aliphatic carbocycles. The fourth-order valence-corrected chi connectivity index (χ4v) is 3.70. The highest BCUT2D eigenvalue weighted by Crippen LogP contribution is 2.35. The van der Waals surface area contributed by atoms with Crippen LogP contribution in [0.25, 0.3) is 10.9 Å². The Morgan fingerprint density at radius 1 is 1.12 bits per heavy atom. The van der Waals surface area contributed by atoms with Gasteiger partial charge in [-0.15, -0.1) is 12.4 Å². The molecule has 2 heterocycles. The molecule has 4 rings (SSSR count). The molecule has 1 aliphatic heterocycles. The molecule has 0 bridgehead atoms. The van der Waals surface area contributed by atoms with Gasteiger partial charge in [-0.3, -0.25) is 0 Å². The first kappa shape index (κ1) is 18.2. The van der Waals surface area contributed by atoms with Crippen LogP contribution in [0.2, 0.25) is 0 Å². The second-order valence-corrected chi connectivity index (χ2v) is 6.71. The summed E-state index contributed by atoms with van der Waals surface area (Å²) >= 11 is 3.50. The number of ether oxygens (including phenoxy) is 1. The van der Waals surface area contributed by atoms with Gasteiger partial charge in [0.05, 0.1) is 6.04 Å². The van der Waals surface area contributed by atoms with Crippen LogP contribution in [0.15, 0.2) is 46.9 Å². The molecule has 0 radical (unpaired) electrons. The van der Waals surface area contributed by atoms with E-state index in [1.165, 1.54) is 10.9 Å². The molecule has 132 valence electrons. The lowest BCUT2D eigenvalue weighted by molar-refractivity contribution is -0.0498. The van der Waals surface area contributed by atoms with E-state index in [1.54, 1.807) is 12.1 Å². The molecule has 3 aromatic rings. The Labute approximate surface area is 158 Å². The molecule has 2 N–H and O–H groups in total. The van der Waals surface area contributed by atoms with Gasteiger partial charge < -0.3 is 15.0 Å². The van der Waals surface area contributed by atoms with Crippen molar-refractivity contribution in [3.05, 3.63) is 63.8 Å². The molecule has 7 heteroatoms. The summed E-state index contributed by atoms with van der Waals surface area (Å²) in [6.07, 6.45) is 0.958. The van der Waals surface area contributed by atoms with E-state index in [4.69, 9.17) is 0 Å². The third-order valence-electron chi connectivity index (χ3n) is 4.35. The fraction of sp³-hybridized carbons (Fsp3) is 0.222. The topological polar surface area (TPSA) is 37.0 Å². The number of H-pyrrole nitrogens is 1. The van der Waals surface area contributed by atoms with E-state index >= 15 is 0 Å². The highest BCUT2D eigenvalue weighted by Gasteiger charge is 2.25. The van der Waals surface area contributed by atoms with Crippen molar-refractivity contribution in [1.82, 2.24) is 10.3 Å². The van der Waals surface area contributed by atoms with Crippen molar-refractivity contribution in [3.8, 4) is 5.75 Å². The lowest BCUT2D eigenvalue weighted by atomic mass is 9.94. The summed E-state index contributed by atoms with van der Waals surface area (Å²) in [4.78, 5) is 3.51. The van der Waals surface area contributed by atoms with E-state index in [1.807, 2.05) is 18.2 Å². The summed E-state index contributed by atoms with van der Waals surface area (Å²) in [6.45, 7) is -1.93.